The summed E-state index contributed by atoms with van der Waals surface area (Å²) in [7, 11) is 0. The Kier molecular flexibility index (Phi) is 4.86. The van der Waals surface area contributed by atoms with E-state index in [1.54, 1.807) is 21.5 Å². The Labute approximate surface area is 209 Å². The van der Waals surface area contributed by atoms with Crippen molar-refractivity contribution in [1.82, 2.24) is 39.1 Å². The van der Waals surface area contributed by atoms with Gasteiger partial charge in [0.2, 0.25) is 0 Å². The molecule has 1 saturated heterocycles. The first-order chi connectivity index (χ1) is 18.0. The molecule has 0 unspecified atom stereocenters. The van der Waals surface area contributed by atoms with Gasteiger partial charge in [0.1, 0.15) is 35.5 Å². The molecule has 1 atom stereocenters. The topological polar surface area (TPSA) is 132 Å². The zero-order chi connectivity index (χ0) is 25.3. The highest BCUT2D eigenvalue weighted by molar-refractivity contribution is 5.98. The van der Waals surface area contributed by atoms with Crippen molar-refractivity contribution in [3.05, 3.63) is 58.9 Å². The zero-order valence-electron chi connectivity index (χ0n) is 20.1. The van der Waals surface area contributed by atoms with Gasteiger partial charge in [-0.25, -0.2) is 24.0 Å². The molecule has 0 amide bonds. The molecule has 2 fully saturated rings. The summed E-state index contributed by atoms with van der Waals surface area (Å²) in [6.07, 6.45) is 7.42. The third-order valence-corrected chi connectivity index (χ3v) is 7.17. The molecule has 188 valence electrons. The van der Waals surface area contributed by atoms with Crippen LogP contribution in [0.4, 0.5) is 10.2 Å². The third kappa shape index (κ3) is 3.43. The number of hydrogen-bond acceptors (Lipinski definition) is 8. The summed E-state index contributed by atoms with van der Waals surface area (Å²) in [5.41, 5.74) is 8.49. The molecule has 2 aliphatic rings. The Balaban J connectivity index is 1.44. The van der Waals surface area contributed by atoms with E-state index in [1.165, 1.54) is 18.5 Å². The summed E-state index contributed by atoms with van der Waals surface area (Å²) >= 11 is 0. The standard InChI is InChI=1S/C25H24FN9O2/c1-2-19(23-31-18-6-3-14(26)7-17(18)25(36)34(23)15-4-5-15)35-24-20(22(27)28-12-29-24)21(32-35)13-8-30-33(9-13)16-10-37-11-16/h3,6-9,12,15-16,19H,2,4-5,10-11H2,1H3,(H2,27,28,29)/t19-/m0/s1. The Hall–Kier alpha value is -4.19. The maximum absolute atomic E-state index is 14.0. The predicted octanol–water partition coefficient (Wildman–Crippen LogP) is 3.03. The van der Waals surface area contributed by atoms with Crippen molar-refractivity contribution in [3.8, 4) is 11.3 Å². The van der Waals surface area contributed by atoms with Crippen molar-refractivity contribution < 1.29 is 9.13 Å². The van der Waals surface area contributed by atoms with Gasteiger partial charge in [-0.2, -0.15) is 10.2 Å². The summed E-state index contributed by atoms with van der Waals surface area (Å²) in [4.78, 5) is 27.2. The highest BCUT2D eigenvalue weighted by Crippen LogP contribution is 2.39. The predicted molar refractivity (Wildman–Crippen MR) is 133 cm³/mol. The van der Waals surface area contributed by atoms with Crippen LogP contribution in [0.5, 0.6) is 0 Å². The van der Waals surface area contributed by atoms with Crippen molar-refractivity contribution in [2.75, 3.05) is 18.9 Å². The van der Waals surface area contributed by atoms with E-state index in [4.69, 9.17) is 20.6 Å². The quantitative estimate of drug-likeness (QED) is 0.376. The van der Waals surface area contributed by atoms with Gasteiger partial charge in [0.05, 0.1) is 41.7 Å². The Morgan fingerprint density at radius 3 is 2.78 bits per heavy atom. The van der Waals surface area contributed by atoms with Crippen LogP contribution in [-0.4, -0.2) is 52.3 Å². The minimum atomic E-state index is -0.461. The van der Waals surface area contributed by atoms with Gasteiger partial charge in [-0.1, -0.05) is 6.92 Å². The number of benzene rings is 1. The van der Waals surface area contributed by atoms with Crippen molar-refractivity contribution in [3.63, 3.8) is 0 Å². The Morgan fingerprint density at radius 2 is 2.05 bits per heavy atom. The van der Waals surface area contributed by atoms with E-state index in [0.29, 0.717) is 53.5 Å². The molecule has 0 radical (unpaired) electrons. The molecular formula is C25H24FN9O2. The second-order valence-electron chi connectivity index (χ2n) is 9.61. The number of rotatable bonds is 6. The fourth-order valence-electron chi connectivity index (χ4n) is 5.02. The van der Waals surface area contributed by atoms with Gasteiger partial charge in [-0.15, -0.1) is 0 Å². The number of hydrogen-bond donors (Lipinski definition) is 1. The van der Waals surface area contributed by atoms with Gasteiger partial charge in [-0.05, 0) is 37.5 Å². The molecule has 11 nitrogen and oxygen atoms in total. The monoisotopic (exact) mass is 501 g/mol. The summed E-state index contributed by atoms with van der Waals surface area (Å²) < 4.78 is 24.6. The molecule has 2 N–H and O–H groups in total. The summed E-state index contributed by atoms with van der Waals surface area (Å²) in [6, 6.07) is 3.93. The lowest BCUT2D eigenvalue weighted by Gasteiger charge is -2.25. The van der Waals surface area contributed by atoms with E-state index in [0.717, 1.165) is 18.4 Å². The smallest absolute Gasteiger partial charge is 0.261 e. The van der Waals surface area contributed by atoms with E-state index in [9.17, 15) is 9.18 Å². The molecule has 5 heterocycles. The van der Waals surface area contributed by atoms with Gasteiger partial charge < -0.3 is 10.5 Å². The van der Waals surface area contributed by atoms with Crippen molar-refractivity contribution in [2.24, 2.45) is 0 Å². The molecule has 37 heavy (non-hydrogen) atoms. The highest BCUT2D eigenvalue weighted by Gasteiger charge is 2.33. The zero-order valence-corrected chi connectivity index (χ0v) is 20.1. The summed E-state index contributed by atoms with van der Waals surface area (Å²) in [5, 5.41) is 10.4. The van der Waals surface area contributed by atoms with Crippen LogP contribution >= 0.6 is 0 Å². The molecule has 12 heteroatoms. The number of nitrogens with zero attached hydrogens (tertiary/aromatic N) is 8. The van der Waals surface area contributed by atoms with E-state index >= 15 is 0 Å². The van der Waals surface area contributed by atoms with Crippen LogP contribution in [0.15, 0.2) is 41.7 Å². The van der Waals surface area contributed by atoms with Gasteiger partial charge in [0.15, 0.2) is 5.65 Å². The van der Waals surface area contributed by atoms with Crippen LogP contribution in [0.25, 0.3) is 33.2 Å². The fraction of sp³-hybridized carbons (Fsp3) is 0.360. The number of nitrogens with two attached hydrogens (primary N) is 1. The maximum atomic E-state index is 14.0. The Morgan fingerprint density at radius 1 is 1.22 bits per heavy atom. The molecule has 1 aliphatic carbocycles. The third-order valence-electron chi connectivity index (χ3n) is 7.17. The first-order valence-electron chi connectivity index (χ1n) is 12.4. The molecule has 1 aromatic carbocycles. The normalized spacial score (nSPS) is 16.9. The second kappa shape index (κ2) is 8.17. The van der Waals surface area contributed by atoms with Crippen molar-refractivity contribution in [2.45, 2.75) is 44.3 Å². The SMILES string of the molecule is CC[C@@H](c1nc2ccc(F)cc2c(=O)n1C1CC1)n1nc(-c2cnn(C3COC3)c2)c2c(N)ncnc21. The molecule has 0 spiro atoms. The highest BCUT2D eigenvalue weighted by atomic mass is 19.1. The van der Waals surface area contributed by atoms with Crippen LogP contribution in [-0.2, 0) is 4.74 Å². The number of fused-ring (bicyclic) bond motifs is 2. The average Bonchev–Trinajstić information content (AvgIpc) is 3.45. The first-order valence-corrected chi connectivity index (χ1v) is 12.4. The largest absolute Gasteiger partial charge is 0.383 e. The molecular weight excluding hydrogens is 477 g/mol. The second-order valence-corrected chi connectivity index (χ2v) is 9.61. The van der Waals surface area contributed by atoms with E-state index in [2.05, 4.69) is 15.1 Å². The number of anilines is 1. The van der Waals surface area contributed by atoms with E-state index in [1.807, 2.05) is 17.8 Å². The molecule has 1 saturated carbocycles. The number of halogens is 1. The first kappa shape index (κ1) is 22.0. The lowest BCUT2D eigenvalue weighted by Crippen LogP contribution is -2.30. The molecule has 0 bridgehead atoms. The number of aromatic nitrogens is 8. The lowest BCUT2D eigenvalue weighted by atomic mass is 10.1. The summed E-state index contributed by atoms with van der Waals surface area (Å²) in [5.74, 6) is 0.421. The van der Waals surface area contributed by atoms with Crippen LogP contribution in [0.3, 0.4) is 0 Å². The van der Waals surface area contributed by atoms with Crippen LogP contribution in [0.2, 0.25) is 0 Å². The van der Waals surface area contributed by atoms with Gasteiger partial charge in [0, 0.05) is 17.8 Å². The maximum Gasteiger partial charge on any atom is 0.261 e. The van der Waals surface area contributed by atoms with Crippen LogP contribution < -0.4 is 11.3 Å². The number of nitrogen functional groups attached to an aromatic ring is 1. The van der Waals surface area contributed by atoms with Gasteiger partial charge >= 0.3 is 0 Å². The van der Waals surface area contributed by atoms with Crippen LogP contribution in [0, 0.1) is 5.82 Å². The van der Waals surface area contributed by atoms with Crippen molar-refractivity contribution in [1.29, 1.82) is 0 Å². The number of ether oxygens (including phenoxy) is 1. The lowest BCUT2D eigenvalue weighted by molar-refractivity contribution is -0.0286. The Bertz CT molecular complexity index is 1730. The summed E-state index contributed by atoms with van der Waals surface area (Å²) in [6.45, 7) is 3.25. The van der Waals surface area contributed by atoms with Gasteiger partial charge in [-0.3, -0.25) is 14.0 Å². The van der Waals surface area contributed by atoms with E-state index < -0.39 is 11.9 Å². The molecule has 4 aromatic heterocycles. The van der Waals surface area contributed by atoms with Gasteiger partial charge in [0.25, 0.3) is 5.56 Å². The fourth-order valence-corrected chi connectivity index (χ4v) is 5.02. The minimum absolute atomic E-state index is 0.0284. The van der Waals surface area contributed by atoms with E-state index in [-0.39, 0.29) is 23.0 Å². The average molecular weight is 502 g/mol. The van der Waals surface area contributed by atoms with Crippen LogP contribution in [0.1, 0.15) is 50.1 Å². The molecule has 1 aliphatic heterocycles. The minimum Gasteiger partial charge on any atom is -0.383 e. The molecule has 5 aromatic rings. The van der Waals surface area contributed by atoms with Crippen molar-refractivity contribution >= 4 is 27.8 Å². The molecule has 7 rings (SSSR count).